The van der Waals surface area contributed by atoms with Crippen LogP contribution in [0, 0.1) is 0 Å². The fourth-order valence-corrected chi connectivity index (χ4v) is 55.5. The number of rotatable bonds is 10. The molecule has 0 amide bonds. The van der Waals surface area contributed by atoms with Crippen LogP contribution in [0.25, 0.3) is 0 Å². The molecule has 0 saturated carbocycles. The van der Waals surface area contributed by atoms with Crippen LogP contribution >= 0.6 is 0 Å². The van der Waals surface area contributed by atoms with E-state index >= 15 is 0 Å². The maximum absolute atomic E-state index is 6.49. The van der Waals surface area contributed by atoms with E-state index in [1.807, 2.05) is 0 Å². The quantitative estimate of drug-likeness (QED) is 0.275. The first-order valence-corrected chi connectivity index (χ1v) is 33.0. The zero-order valence-corrected chi connectivity index (χ0v) is 26.4. The Kier molecular flexibility index (Phi) is 9.09. The van der Waals surface area contributed by atoms with E-state index in [1.54, 1.807) is 0 Å². The predicted octanol–water partition coefficient (Wildman–Crippen LogP) is 6.39. The van der Waals surface area contributed by atoms with Gasteiger partial charge in [0.2, 0.25) is 0 Å². The third kappa shape index (κ3) is 6.23. The first kappa shape index (κ1) is 27.0. The van der Waals surface area contributed by atoms with Gasteiger partial charge in [0.25, 0.3) is 0 Å². The average Bonchev–Trinajstić information content (AvgIpc) is 2.39. The van der Waals surface area contributed by atoms with Crippen molar-refractivity contribution in [1.82, 2.24) is 0 Å². The normalized spacial score (nSPS) is 15.8. The van der Waals surface area contributed by atoms with Gasteiger partial charge < -0.3 is 8.85 Å². The van der Waals surface area contributed by atoms with Crippen LogP contribution in [0.15, 0.2) is 12.2 Å². The van der Waals surface area contributed by atoms with Crippen molar-refractivity contribution in [2.24, 2.45) is 0 Å². The highest BCUT2D eigenvalue weighted by atomic mass is 29.7. The molecule has 0 spiro atoms. The summed E-state index contributed by atoms with van der Waals surface area (Å²) in [7, 11) is -7.95. The van der Waals surface area contributed by atoms with E-state index in [2.05, 4.69) is 104 Å². The SMILES string of the molecule is C[Si](C)(C)[Si](C)(C)[Si](C)(C)OC/C=C/CO[Si](C)(C)[Si](C)(C)[Si](C)(C)C. The molecule has 0 radical (unpaired) electrons. The Balaban J connectivity index is 4.68. The number of hydrogen-bond donors (Lipinski definition) is 0. The third-order valence-electron chi connectivity index (χ3n) is 8.01. The van der Waals surface area contributed by atoms with Crippen LogP contribution < -0.4 is 0 Å². The van der Waals surface area contributed by atoms with Crippen LogP contribution in [-0.4, -0.2) is 58.3 Å². The minimum atomic E-state index is -1.59. The molecular formula is C18H48O2Si6. The lowest BCUT2D eigenvalue weighted by atomic mass is 10.5. The maximum atomic E-state index is 6.49. The molecular weight excluding hydrogens is 417 g/mol. The van der Waals surface area contributed by atoms with Crippen LogP contribution in [0.1, 0.15) is 0 Å². The van der Waals surface area contributed by atoms with Crippen molar-refractivity contribution in [2.75, 3.05) is 13.2 Å². The largest absolute Gasteiger partial charge is 0.417 e. The monoisotopic (exact) mass is 464 g/mol. The van der Waals surface area contributed by atoms with Gasteiger partial charge in [-0.05, 0) is 26.2 Å². The van der Waals surface area contributed by atoms with Crippen molar-refractivity contribution in [1.29, 1.82) is 0 Å². The lowest BCUT2D eigenvalue weighted by Gasteiger charge is -2.46. The molecule has 0 aromatic rings. The van der Waals surface area contributed by atoms with Crippen LogP contribution in [-0.2, 0) is 8.85 Å². The van der Waals surface area contributed by atoms with Gasteiger partial charge in [-0.1, -0.05) is 77.6 Å². The van der Waals surface area contributed by atoms with E-state index in [4.69, 9.17) is 8.85 Å². The second-order valence-corrected chi connectivity index (χ2v) is 68.2. The molecule has 26 heavy (non-hydrogen) atoms. The second kappa shape index (κ2) is 8.76. The molecule has 0 unspecified atom stereocenters. The molecule has 0 atom stereocenters. The second-order valence-electron chi connectivity index (χ2n) is 11.9. The van der Waals surface area contributed by atoms with Crippen molar-refractivity contribution >= 4 is 45.1 Å². The zero-order chi connectivity index (χ0) is 21.2. The van der Waals surface area contributed by atoms with E-state index < -0.39 is 45.1 Å². The standard InChI is InChI=1S/C18H48O2Si6/c1-21(2,3)25(11,12)23(7,8)19-17-15-16-18-20-24(9,10)26(13,14)22(4,5)6/h15-16H,17-18H2,1-14H3/b16-15+. The van der Waals surface area contributed by atoms with Crippen molar-refractivity contribution in [3.8, 4) is 0 Å². The minimum absolute atomic E-state index is 0.764. The smallest absolute Gasteiger partial charge is 0.171 e. The highest BCUT2D eigenvalue weighted by Gasteiger charge is 2.52. The molecule has 0 aliphatic carbocycles. The molecule has 0 heterocycles. The summed E-state index contributed by atoms with van der Waals surface area (Å²) in [5.41, 5.74) is 0. The van der Waals surface area contributed by atoms with Crippen molar-refractivity contribution in [2.45, 2.75) is 91.7 Å². The lowest BCUT2D eigenvalue weighted by molar-refractivity contribution is 0.352. The van der Waals surface area contributed by atoms with Gasteiger partial charge in [-0.2, -0.15) is 0 Å². The van der Waals surface area contributed by atoms with Gasteiger partial charge in [-0.25, -0.2) is 0 Å². The highest BCUT2D eigenvalue weighted by Crippen LogP contribution is 2.30. The molecule has 0 aliphatic rings. The van der Waals surface area contributed by atoms with Crippen LogP contribution in [0.5, 0.6) is 0 Å². The Hall–Kier alpha value is 0.961. The van der Waals surface area contributed by atoms with Gasteiger partial charge in [0.15, 0.2) is 15.7 Å². The average molecular weight is 465 g/mol. The summed E-state index contributed by atoms with van der Waals surface area (Å²) >= 11 is 0. The van der Waals surface area contributed by atoms with Gasteiger partial charge in [0, 0.05) is 15.2 Å². The van der Waals surface area contributed by atoms with E-state index in [-0.39, 0.29) is 0 Å². The molecule has 0 aromatic carbocycles. The molecule has 0 aliphatic heterocycles. The molecule has 156 valence electrons. The first-order valence-electron chi connectivity index (χ1n) is 10.1. The first-order chi connectivity index (χ1) is 11.2. The van der Waals surface area contributed by atoms with Gasteiger partial charge in [0.1, 0.15) is 0 Å². The Morgan fingerprint density at radius 3 is 0.885 bits per heavy atom. The van der Waals surface area contributed by atoms with E-state index in [9.17, 15) is 0 Å². The summed E-state index contributed by atoms with van der Waals surface area (Å²) in [6, 6.07) is 0. The minimum Gasteiger partial charge on any atom is -0.417 e. The van der Waals surface area contributed by atoms with Crippen LogP contribution in [0.2, 0.25) is 91.7 Å². The van der Waals surface area contributed by atoms with Gasteiger partial charge in [-0.15, -0.1) is 0 Å². The molecule has 0 rings (SSSR count). The van der Waals surface area contributed by atoms with E-state index in [0.29, 0.717) is 0 Å². The molecule has 0 aromatic heterocycles. The topological polar surface area (TPSA) is 18.5 Å². The molecule has 0 saturated heterocycles. The van der Waals surface area contributed by atoms with Gasteiger partial charge >= 0.3 is 0 Å². The van der Waals surface area contributed by atoms with Crippen molar-refractivity contribution < 1.29 is 8.85 Å². The Morgan fingerprint density at radius 2 is 0.692 bits per heavy atom. The Bertz CT molecular complexity index is 441. The van der Waals surface area contributed by atoms with Crippen molar-refractivity contribution in [3.05, 3.63) is 12.2 Å². The lowest BCUT2D eigenvalue weighted by Crippen LogP contribution is -2.70. The highest BCUT2D eigenvalue weighted by molar-refractivity contribution is 7.67. The summed E-state index contributed by atoms with van der Waals surface area (Å²) < 4.78 is 13.0. The summed E-state index contributed by atoms with van der Waals surface area (Å²) in [6.07, 6.45) is 4.41. The van der Waals surface area contributed by atoms with Gasteiger partial charge in [0.05, 0.1) is 27.4 Å². The van der Waals surface area contributed by atoms with Crippen LogP contribution in [0.3, 0.4) is 0 Å². The van der Waals surface area contributed by atoms with Gasteiger partial charge in [-0.3, -0.25) is 0 Å². The molecule has 0 bridgehead atoms. The maximum Gasteiger partial charge on any atom is 0.171 e. The van der Waals surface area contributed by atoms with Crippen LogP contribution in [0.4, 0.5) is 0 Å². The fourth-order valence-electron chi connectivity index (χ4n) is 2.82. The predicted molar refractivity (Wildman–Crippen MR) is 138 cm³/mol. The Labute approximate surface area is 170 Å². The summed E-state index contributed by atoms with van der Waals surface area (Å²) in [5.74, 6) is 0. The molecule has 8 heteroatoms. The third-order valence-corrected chi connectivity index (χ3v) is 89.1. The molecule has 2 nitrogen and oxygen atoms in total. The van der Waals surface area contributed by atoms with E-state index in [0.717, 1.165) is 13.2 Å². The van der Waals surface area contributed by atoms with Crippen molar-refractivity contribution in [3.63, 3.8) is 0 Å². The summed E-state index contributed by atoms with van der Waals surface area (Å²) in [5, 5.41) is 0. The summed E-state index contributed by atoms with van der Waals surface area (Å²) in [4.78, 5) is 0. The number of hydrogen-bond acceptors (Lipinski definition) is 2. The Morgan fingerprint density at radius 1 is 0.462 bits per heavy atom. The molecule has 0 N–H and O–H groups in total. The molecule has 0 fully saturated rings. The van der Waals surface area contributed by atoms with E-state index in [1.165, 1.54) is 0 Å². The summed E-state index contributed by atoms with van der Waals surface area (Å²) in [6.45, 7) is 36.7. The fraction of sp³-hybridized carbons (Fsp3) is 0.889. The zero-order valence-electron chi connectivity index (χ0n) is 20.4.